The second-order valence-electron chi connectivity index (χ2n) is 8.41. The zero-order valence-electron chi connectivity index (χ0n) is 14.1. The largest absolute Gasteiger partial charge is 0.462 e. The van der Waals surface area contributed by atoms with Crippen molar-refractivity contribution in [1.82, 2.24) is 4.90 Å². The number of ketones is 1. The number of carbonyl (C=O) groups excluding carboxylic acids is 2. The number of Topliss-reactive ketones (excluding diaryl/α,β-unsaturated/α-hetero) is 1. The van der Waals surface area contributed by atoms with Crippen LogP contribution in [0.3, 0.4) is 0 Å². The van der Waals surface area contributed by atoms with Gasteiger partial charge >= 0.3 is 5.97 Å². The molecule has 0 aromatic rings. The number of carbonyl (C=O) groups is 2. The first-order valence-electron chi connectivity index (χ1n) is 9.02. The highest BCUT2D eigenvalue weighted by Crippen LogP contribution is 2.64. The summed E-state index contributed by atoms with van der Waals surface area (Å²) in [7, 11) is 0. The van der Waals surface area contributed by atoms with E-state index in [1.807, 2.05) is 6.92 Å². The lowest BCUT2D eigenvalue weighted by Crippen LogP contribution is -2.72. The van der Waals surface area contributed by atoms with Gasteiger partial charge in [0.2, 0.25) is 0 Å². The van der Waals surface area contributed by atoms with Gasteiger partial charge in [-0.05, 0) is 37.5 Å². The molecule has 2 aliphatic carbocycles. The Kier molecular flexibility index (Phi) is 3.40. The van der Waals surface area contributed by atoms with Crippen molar-refractivity contribution < 1.29 is 19.4 Å². The summed E-state index contributed by atoms with van der Waals surface area (Å²) in [6.45, 7) is 5.36. The molecular weight excluding hydrogens is 294 g/mol. The Labute approximate surface area is 137 Å². The van der Waals surface area contributed by atoms with E-state index in [1.54, 1.807) is 0 Å². The maximum Gasteiger partial charge on any atom is 0.302 e. The number of piperidine rings is 2. The average molecular weight is 321 g/mol. The molecule has 5 nitrogen and oxygen atoms in total. The van der Waals surface area contributed by atoms with Crippen molar-refractivity contribution in [2.24, 2.45) is 23.2 Å². The number of hydrogen-bond donors (Lipinski definition) is 1. The third-order valence-corrected chi connectivity index (χ3v) is 7.03. The van der Waals surface area contributed by atoms with Crippen LogP contribution in [0.1, 0.15) is 52.4 Å². The predicted octanol–water partition coefficient (Wildman–Crippen LogP) is 1.73. The Balaban J connectivity index is 1.78. The summed E-state index contributed by atoms with van der Waals surface area (Å²) in [6.07, 6.45) is 4.48. The van der Waals surface area contributed by atoms with Crippen molar-refractivity contribution in [2.75, 3.05) is 13.1 Å². The van der Waals surface area contributed by atoms with Crippen LogP contribution in [-0.4, -0.2) is 46.7 Å². The Bertz CT molecular complexity index is 549. The fourth-order valence-electron chi connectivity index (χ4n) is 6.33. The molecule has 2 saturated carbocycles. The number of ether oxygens (including phenoxy) is 1. The van der Waals surface area contributed by atoms with Crippen LogP contribution >= 0.6 is 0 Å². The van der Waals surface area contributed by atoms with Crippen LogP contribution in [-0.2, 0) is 14.3 Å². The predicted molar refractivity (Wildman–Crippen MR) is 83.4 cm³/mol. The van der Waals surface area contributed by atoms with Gasteiger partial charge in [0.05, 0.1) is 0 Å². The lowest BCUT2D eigenvalue weighted by Gasteiger charge is -2.65. The normalized spacial score (nSPS) is 51.8. The number of esters is 1. The topological polar surface area (TPSA) is 66.8 Å². The van der Waals surface area contributed by atoms with E-state index in [1.165, 1.54) is 13.3 Å². The van der Waals surface area contributed by atoms with Gasteiger partial charge in [0.1, 0.15) is 17.6 Å². The fraction of sp³-hybridized carbons (Fsp3) is 0.889. The molecule has 7 atom stereocenters. The maximum absolute atomic E-state index is 12.4. The third-order valence-electron chi connectivity index (χ3n) is 7.03. The molecule has 4 aliphatic rings. The van der Waals surface area contributed by atoms with Crippen LogP contribution in [0.4, 0.5) is 0 Å². The Hall–Kier alpha value is -0.940. The van der Waals surface area contributed by atoms with Gasteiger partial charge in [0, 0.05) is 44.2 Å². The SMILES string of the molecule is CC(=O)O[C@H]1C2CC(=O)CC23CC2CCCN(C2)[C@]3(O)C[C@@H]1C. The van der Waals surface area contributed by atoms with Crippen LogP contribution in [0.25, 0.3) is 0 Å². The molecule has 0 radical (unpaired) electrons. The minimum Gasteiger partial charge on any atom is -0.462 e. The quantitative estimate of drug-likeness (QED) is 0.745. The highest BCUT2D eigenvalue weighted by Gasteiger charge is 2.70. The first-order chi connectivity index (χ1) is 10.9. The van der Waals surface area contributed by atoms with Crippen LogP contribution in [0.15, 0.2) is 0 Å². The van der Waals surface area contributed by atoms with E-state index in [9.17, 15) is 14.7 Å². The maximum atomic E-state index is 12.4. The smallest absolute Gasteiger partial charge is 0.302 e. The Morgan fingerprint density at radius 1 is 1.39 bits per heavy atom. The van der Waals surface area contributed by atoms with Gasteiger partial charge in [0.25, 0.3) is 0 Å². The summed E-state index contributed by atoms with van der Waals surface area (Å²) < 4.78 is 5.66. The molecule has 4 fully saturated rings. The number of aliphatic hydroxyl groups is 1. The molecule has 1 N–H and O–H groups in total. The van der Waals surface area contributed by atoms with E-state index in [4.69, 9.17) is 4.74 Å². The molecule has 0 aromatic heterocycles. The van der Waals surface area contributed by atoms with Crippen LogP contribution in [0, 0.1) is 23.2 Å². The molecular formula is C18H27NO4. The number of nitrogens with zero attached hydrogens (tertiary/aromatic N) is 1. The molecule has 2 aliphatic heterocycles. The zero-order chi connectivity index (χ0) is 16.4. The van der Waals surface area contributed by atoms with Gasteiger partial charge in [-0.25, -0.2) is 0 Å². The zero-order valence-corrected chi connectivity index (χ0v) is 14.1. The molecule has 4 rings (SSSR count). The second-order valence-corrected chi connectivity index (χ2v) is 8.41. The van der Waals surface area contributed by atoms with Crippen molar-refractivity contribution >= 4 is 11.8 Å². The van der Waals surface area contributed by atoms with Crippen LogP contribution in [0.5, 0.6) is 0 Å². The molecule has 5 heteroatoms. The van der Waals surface area contributed by atoms with Gasteiger partial charge < -0.3 is 9.84 Å². The van der Waals surface area contributed by atoms with E-state index in [0.29, 0.717) is 25.2 Å². The van der Waals surface area contributed by atoms with Crippen LogP contribution < -0.4 is 0 Å². The van der Waals surface area contributed by atoms with Crippen LogP contribution in [0.2, 0.25) is 0 Å². The summed E-state index contributed by atoms with van der Waals surface area (Å²) in [4.78, 5) is 26.2. The minimum absolute atomic E-state index is 0.0314. The summed E-state index contributed by atoms with van der Waals surface area (Å²) in [5, 5.41) is 11.7. The molecule has 23 heavy (non-hydrogen) atoms. The first kappa shape index (κ1) is 15.6. The van der Waals surface area contributed by atoms with Gasteiger partial charge in [0.15, 0.2) is 0 Å². The van der Waals surface area contributed by atoms with E-state index in [2.05, 4.69) is 4.90 Å². The van der Waals surface area contributed by atoms with E-state index in [0.717, 1.165) is 25.9 Å². The van der Waals surface area contributed by atoms with Gasteiger partial charge in [-0.15, -0.1) is 0 Å². The van der Waals surface area contributed by atoms with Crippen molar-refractivity contribution in [2.45, 2.75) is 64.2 Å². The molecule has 0 amide bonds. The number of rotatable bonds is 1. The molecule has 2 bridgehead atoms. The highest BCUT2D eigenvalue weighted by molar-refractivity contribution is 5.83. The summed E-state index contributed by atoms with van der Waals surface area (Å²) in [5.41, 5.74) is -1.32. The van der Waals surface area contributed by atoms with E-state index >= 15 is 0 Å². The molecule has 0 aromatic carbocycles. The third kappa shape index (κ3) is 2.05. The standard InChI is InChI=1S/C18H27NO4/c1-11-7-18(22)17(8-13-4-3-5-19(18)10-13)9-14(21)6-15(17)16(11)23-12(2)20/h11,13,15-16,22H,3-10H2,1-2H3/t11-,13?,15?,16+,17?,18-/m0/s1. The number of fused-ring (bicyclic) bond motifs is 3. The molecule has 2 heterocycles. The van der Waals surface area contributed by atoms with Gasteiger partial charge in [-0.1, -0.05) is 6.92 Å². The van der Waals surface area contributed by atoms with Gasteiger partial charge in [-0.2, -0.15) is 0 Å². The van der Waals surface area contributed by atoms with Gasteiger partial charge in [-0.3, -0.25) is 14.5 Å². The van der Waals surface area contributed by atoms with Crippen molar-refractivity contribution in [3.8, 4) is 0 Å². The summed E-state index contributed by atoms with van der Waals surface area (Å²) >= 11 is 0. The molecule has 128 valence electrons. The average Bonchev–Trinajstić information content (AvgIpc) is 2.80. The highest BCUT2D eigenvalue weighted by atomic mass is 16.5. The lowest BCUT2D eigenvalue weighted by atomic mass is 9.52. The monoisotopic (exact) mass is 321 g/mol. The molecule has 1 spiro atoms. The first-order valence-corrected chi connectivity index (χ1v) is 9.02. The minimum atomic E-state index is -0.906. The van der Waals surface area contributed by atoms with E-state index < -0.39 is 11.1 Å². The van der Waals surface area contributed by atoms with E-state index in [-0.39, 0.29) is 29.7 Å². The second kappa shape index (κ2) is 5.03. The Morgan fingerprint density at radius 2 is 2.17 bits per heavy atom. The van der Waals surface area contributed by atoms with Crippen molar-refractivity contribution in [1.29, 1.82) is 0 Å². The fourth-order valence-corrected chi connectivity index (χ4v) is 6.33. The number of hydrogen-bond acceptors (Lipinski definition) is 5. The summed E-state index contributed by atoms with van der Waals surface area (Å²) in [5.74, 6) is 0.546. The van der Waals surface area contributed by atoms with Crippen molar-refractivity contribution in [3.05, 3.63) is 0 Å². The molecule has 2 saturated heterocycles. The summed E-state index contributed by atoms with van der Waals surface area (Å²) in [6, 6.07) is 0. The lowest BCUT2D eigenvalue weighted by molar-refractivity contribution is -0.294. The Morgan fingerprint density at radius 3 is 2.91 bits per heavy atom. The molecule has 4 unspecified atom stereocenters. The van der Waals surface area contributed by atoms with Crippen molar-refractivity contribution in [3.63, 3.8) is 0 Å².